The van der Waals surface area contributed by atoms with E-state index in [1.54, 1.807) is 39.0 Å². The Morgan fingerprint density at radius 1 is 1.14 bits per heavy atom. The van der Waals surface area contributed by atoms with Crippen LogP contribution in [-0.2, 0) is 9.47 Å². The fourth-order valence-electron chi connectivity index (χ4n) is 1.60. The first-order chi connectivity index (χ1) is 9.83. The molecule has 6 heteroatoms. The second kappa shape index (κ2) is 7.52. The van der Waals surface area contributed by atoms with Crippen LogP contribution in [0.1, 0.15) is 31.1 Å². The second-order valence-corrected chi connectivity index (χ2v) is 5.39. The molecule has 2 N–H and O–H groups in total. The maximum atomic E-state index is 11.6. The molecule has 0 spiro atoms. The molecular formula is C15H22N2O4. The van der Waals surface area contributed by atoms with E-state index in [9.17, 15) is 9.59 Å². The molecule has 1 aromatic carbocycles. The van der Waals surface area contributed by atoms with Crippen molar-refractivity contribution in [1.82, 2.24) is 5.32 Å². The van der Waals surface area contributed by atoms with Gasteiger partial charge in [0.15, 0.2) is 0 Å². The number of nitrogens with one attached hydrogen (secondary N) is 2. The molecule has 0 aliphatic heterocycles. The van der Waals surface area contributed by atoms with Gasteiger partial charge >= 0.3 is 12.1 Å². The Labute approximate surface area is 124 Å². The van der Waals surface area contributed by atoms with Gasteiger partial charge in [0.25, 0.3) is 0 Å². The Balaban J connectivity index is 2.43. The van der Waals surface area contributed by atoms with Gasteiger partial charge in [-0.1, -0.05) is 12.1 Å². The average molecular weight is 294 g/mol. The van der Waals surface area contributed by atoms with Crippen molar-refractivity contribution in [2.24, 2.45) is 0 Å². The van der Waals surface area contributed by atoms with E-state index >= 15 is 0 Å². The summed E-state index contributed by atoms with van der Waals surface area (Å²) in [5.74, 6) is -0.404. The third kappa shape index (κ3) is 6.16. The zero-order valence-electron chi connectivity index (χ0n) is 12.9. The Morgan fingerprint density at radius 2 is 1.81 bits per heavy atom. The van der Waals surface area contributed by atoms with Gasteiger partial charge in [-0.2, -0.15) is 0 Å². The molecule has 0 fully saturated rings. The summed E-state index contributed by atoms with van der Waals surface area (Å²) >= 11 is 0. The van der Waals surface area contributed by atoms with Gasteiger partial charge in [0.05, 0.1) is 12.7 Å². The van der Waals surface area contributed by atoms with E-state index in [-0.39, 0.29) is 0 Å². The number of hydrogen-bond donors (Lipinski definition) is 2. The summed E-state index contributed by atoms with van der Waals surface area (Å²) in [4.78, 5) is 23.0. The summed E-state index contributed by atoms with van der Waals surface area (Å²) in [5, 5.41) is 5.71. The van der Waals surface area contributed by atoms with Crippen molar-refractivity contribution >= 4 is 17.7 Å². The predicted octanol–water partition coefficient (Wildman–Crippen LogP) is 2.41. The molecular weight excluding hydrogens is 272 g/mol. The number of rotatable bonds is 5. The van der Waals surface area contributed by atoms with Gasteiger partial charge in [-0.05, 0) is 32.9 Å². The summed E-state index contributed by atoms with van der Waals surface area (Å²) in [6.45, 7) is 6.25. The number of hydrogen-bond acceptors (Lipinski definition) is 5. The van der Waals surface area contributed by atoms with Crippen LogP contribution in [0, 0.1) is 0 Å². The minimum absolute atomic E-state index is 0.379. The number of carbonyl (C=O) groups excluding carboxylic acids is 2. The average Bonchev–Trinajstić information content (AvgIpc) is 2.41. The van der Waals surface area contributed by atoms with Crippen LogP contribution in [0.15, 0.2) is 24.3 Å². The van der Waals surface area contributed by atoms with Crippen molar-refractivity contribution in [3.63, 3.8) is 0 Å². The molecule has 0 saturated heterocycles. The topological polar surface area (TPSA) is 76.7 Å². The smallest absolute Gasteiger partial charge is 0.407 e. The van der Waals surface area contributed by atoms with Crippen molar-refractivity contribution in [2.45, 2.75) is 26.4 Å². The first kappa shape index (κ1) is 16.8. The SMILES string of the molecule is COC(=O)c1ccccc1NCCNC(=O)OC(C)(C)C. The number of anilines is 1. The standard InChI is InChI=1S/C15H22N2O4/c1-15(2,3)21-14(19)17-10-9-16-12-8-6-5-7-11(12)13(18)20-4/h5-8,16H,9-10H2,1-4H3,(H,17,19). The van der Waals surface area contributed by atoms with Gasteiger partial charge in [0, 0.05) is 18.8 Å². The van der Waals surface area contributed by atoms with Gasteiger partial charge in [-0.15, -0.1) is 0 Å². The molecule has 0 saturated carbocycles. The number of alkyl carbamates (subject to hydrolysis) is 1. The van der Waals surface area contributed by atoms with Gasteiger partial charge in [-0.3, -0.25) is 0 Å². The lowest BCUT2D eigenvalue weighted by Crippen LogP contribution is -2.35. The highest BCUT2D eigenvalue weighted by atomic mass is 16.6. The van der Waals surface area contributed by atoms with Crippen LogP contribution in [0.3, 0.4) is 0 Å². The first-order valence-corrected chi connectivity index (χ1v) is 6.71. The van der Waals surface area contributed by atoms with Gasteiger partial charge in [-0.25, -0.2) is 9.59 Å². The minimum Gasteiger partial charge on any atom is -0.465 e. The molecule has 0 bridgehead atoms. The molecule has 0 heterocycles. The Morgan fingerprint density at radius 3 is 2.43 bits per heavy atom. The number of carbonyl (C=O) groups is 2. The summed E-state index contributed by atoms with van der Waals surface area (Å²) in [5.41, 5.74) is 0.599. The van der Waals surface area contributed by atoms with Crippen LogP contribution in [-0.4, -0.2) is 37.9 Å². The molecule has 0 unspecified atom stereocenters. The van der Waals surface area contributed by atoms with E-state index < -0.39 is 17.7 Å². The number of benzene rings is 1. The lowest BCUT2D eigenvalue weighted by Gasteiger charge is -2.19. The summed E-state index contributed by atoms with van der Waals surface area (Å²) < 4.78 is 9.83. The highest BCUT2D eigenvalue weighted by Crippen LogP contribution is 2.15. The van der Waals surface area contributed by atoms with Gasteiger partial charge in [0.2, 0.25) is 0 Å². The molecule has 0 radical (unpaired) electrons. The van der Waals surface area contributed by atoms with Crippen molar-refractivity contribution in [3.8, 4) is 0 Å². The monoisotopic (exact) mass is 294 g/mol. The van der Waals surface area contributed by atoms with Crippen LogP contribution >= 0.6 is 0 Å². The van der Waals surface area contributed by atoms with E-state index in [4.69, 9.17) is 9.47 Å². The van der Waals surface area contributed by atoms with E-state index in [0.717, 1.165) is 0 Å². The number of amides is 1. The number of ether oxygens (including phenoxy) is 2. The fourth-order valence-corrected chi connectivity index (χ4v) is 1.60. The van der Waals surface area contributed by atoms with Crippen LogP contribution in [0.4, 0.5) is 10.5 Å². The number of methoxy groups -OCH3 is 1. The lowest BCUT2D eigenvalue weighted by molar-refractivity contribution is 0.0528. The number of esters is 1. The summed E-state index contributed by atoms with van der Waals surface area (Å²) in [7, 11) is 1.34. The third-order valence-corrected chi connectivity index (χ3v) is 2.44. The summed E-state index contributed by atoms with van der Waals surface area (Å²) in [6.07, 6.45) is -0.467. The maximum absolute atomic E-state index is 11.6. The molecule has 0 atom stereocenters. The number of para-hydroxylation sites is 1. The molecule has 116 valence electrons. The van der Waals surface area contributed by atoms with Crippen molar-refractivity contribution in [2.75, 3.05) is 25.5 Å². The van der Waals surface area contributed by atoms with Crippen LogP contribution in [0.2, 0.25) is 0 Å². The van der Waals surface area contributed by atoms with E-state index in [1.165, 1.54) is 7.11 Å². The Hall–Kier alpha value is -2.24. The van der Waals surface area contributed by atoms with Crippen LogP contribution < -0.4 is 10.6 Å². The second-order valence-electron chi connectivity index (χ2n) is 5.39. The Kier molecular flexibility index (Phi) is 6.02. The zero-order valence-corrected chi connectivity index (χ0v) is 12.9. The molecule has 1 rings (SSSR count). The predicted molar refractivity (Wildman–Crippen MR) is 80.5 cm³/mol. The largest absolute Gasteiger partial charge is 0.465 e. The lowest BCUT2D eigenvalue weighted by atomic mass is 10.2. The maximum Gasteiger partial charge on any atom is 0.407 e. The van der Waals surface area contributed by atoms with Crippen molar-refractivity contribution in [3.05, 3.63) is 29.8 Å². The molecule has 0 aromatic heterocycles. The van der Waals surface area contributed by atoms with Crippen molar-refractivity contribution in [1.29, 1.82) is 0 Å². The quantitative estimate of drug-likeness (QED) is 0.644. The van der Waals surface area contributed by atoms with E-state index in [0.29, 0.717) is 24.3 Å². The summed E-state index contributed by atoms with van der Waals surface area (Å²) in [6, 6.07) is 7.03. The molecule has 6 nitrogen and oxygen atoms in total. The molecule has 21 heavy (non-hydrogen) atoms. The van der Waals surface area contributed by atoms with Crippen LogP contribution in [0.5, 0.6) is 0 Å². The van der Waals surface area contributed by atoms with Gasteiger partial charge < -0.3 is 20.1 Å². The van der Waals surface area contributed by atoms with E-state index in [2.05, 4.69) is 10.6 Å². The first-order valence-electron chi connectivity index (χ1n) is 6.71. The highest BCUT2D eigenvalue weighted by molar-refractivity contribution is 5.95. The molecule has 0 aliphatic rings. The molecule has 0 aliphatic carbocycles. The highest BCUT2D eigenvalue weighted by Gasteiger charge is 2.15. The zero-order chi connectivity index (χ0) is 15.9. The van der Waals surface area contributed by atoms with Crippen LogP contribution in [0.25, 0.3) is 0 Å². The normalized spacial score (nSPS) is 10.7. The minimum atomic E-state index is -0.519. The molecule has 1 amide bonds. The van der Waals surface area contributed by atoms with Gasteiger partial charge in [0.1, 0.15) is 5.60 Å². The van der Waals surface area contributed by atoms with E-state index in [1.807, 2.05) is 6.07 Å². The third-order valence-electron chi connectivity index (χ3n) is 2.44. The molecule has 1 aromatic rings. The van der Waals surface area contributed by atoms with Crippen molar-refractivity contribution < 1.29 is 19.1 Å². The fraction of sp³-hybridized carbons (Fsp3) is 0.467. The Bertz CT molecular complexity index is 495.